The van der Waals surface area contributed by atoms with Crippen LogP contribution in [-0.4, -0.2) is 25.8 Å². The van der Waals surface area contributed by atoms with Crippen LogP contribution in [0.25, 0.3) is 11.1 Å². The SMILES string of the molecule is CCOC(=O)Nc1sc(C)c(-c2ccc(F)cc2)c1C(=O)OC. The standard InChI is InChI=1S/C16H16FNO4S/c1-4-22-16(20)18-14-13(15(19)21-3)12(9(2)23-14)10-5-7-11(17)8-6-10/h5-8H,4H2,1-3H3,(H,18,20). The van der Waals surface area contributed by atoms with Crippen molar-refractivity contribution in [3.8, 4) is 11.1 Å². The molecule has 7 heteroatoms. The molecule has 0 saturated heterocycles. The van der Waals surface area contributed by atoms with E-state index in [0.717, 1.165) is 4.88 Å². The maximum Gasteiger partial charge on any atom is 0.412 e. The highest BCUT2D eigenvalue weighted by Gasteiger charge is 2.25. The molecule has 0 atom stereocenters. The minimum absolute atomic E-state index is 0.217. The predicted octanol–water partition coefficient (Wildman–Crippen LogP) is 4.22. The summed E-state index contributed by atoms with van der Waals surface area (Å²) in [5, 5.41) is 2.89. The van der Waals surface area contributed by atoms with E-state index in [1.165, 1.54) is 30.6 Å². The predicted molar refractivity (Wildman–Crippen MR) is 86.4 cm³/mol. The molecule has 1 aromatic heterocycles. The maximum absolute atomic E-state index is 13.1. The van der Waals surface area contributed by atoms with E-state index in [1.54, 1.807) is 19.1 Å². The molecule has 0 fully saturated rings. The van der Waals surface area contributed by atoms with Gasteiger partial charge in [0.05, 0.1) is 13.7 Å². The molecule has 1 N–H and O–H groups in total. The van der Waals surface area contributed by atoms with Crippen LogP contribution >= 0.6 is 11.3 Å². The van der Waals surface area contributed by atoms with Gasteiger partial charge in [0.1, 0.15) is 16.4 Å². The Morgan fingerprint density at radius 2 is 1.91 bits per heavy atom. The van der Waals surface area contributed by atoms with Gasteiger partial charge in [-0.15, -0.1) is 11.3 Å². The molecule has 0 unspecified atom stereocenters. The molecular formula is C16H16FNO4S. The van der Waals surface area contributed by atoms with E-state index in [2.05, 4.69) is 5.32 Å². The summed E-state index contributed by atoms with van der Waals surface area (Å²) in [5.41, 5.74) is 1.50. The number of hydrogen-bond acceptors (Lipinski definition) is 5. The average Bonchev–Trinajstić information content (AvgIpc) is 2.83. The van der Waals surface area contributed by atoms with E-state index < -0.39 is 12.1 Å². The van der Waals surface area contributed by atoms with Gasteiger partial charge in [0.2, 0.25) is 0 Å². The first kappa shape index (κ1) is 17.0. The molecular weight excluding hydrogens is 321 g/mol. The van der Waals surface area contributed by atoms with E-state index in [4.69, 9.17) is 9.47 Å². The van der Waals surface area contributed by atoms with Gasteiger partial charge in [0.25, 0.3) is 0 Å². The zero-order valence-corrected chi connectivity index (χ0v) is 13.8. The van der Waals surface area contributed by atoms with E-state index in [1.807, 2.05) is 6.92 Å². The second-order valence-corrected chi connectivity index (χ2v) is 5.81. The highest BCUT2D eigenvalue weighted by Crippen LogP contribution is 2.40. The van der Waals surface area contributed by atoms with Crippen LogP contribution < -0.4 is 5.32 Å². The van der Waals surface area contributed by atoms with Crippen molar-refractivity contribution >= 4 is 28.4 Å². The summed E-state index contributed by atoms with van der Waals surface area (Å²) in [7, 11) is 1.26. The fraction of sp³-hybridized carbons (Fsp3) is 0.250. The molecule has 5 nitrogen and oxygen atoms in total. The van der Waals surface area contributed by atoms with Crippen molar-refractivity contribution < 1.29 is 23.5 Å². The minimum atomic E-state index is -0.649. The summed E-state index contributed by atoms with van der Waals surface area (Å²) >= 11 is 1.23. The summed E-state index contributed by atoms with van der Waals surface area (Å²) in [4.78, 5) is 24.6. The third-order valence-corrected chi connectivity index (χ3v) is 4.12. The van der Waals surface area contributed by atoms with Crippen molar-refractivity contribution in [2.75, 3.05) is 19.0 Å². The molecule has 1 heterocycles. The first-order valence-corrected chi connectivity index (χ1v) is 7.71. The van der Waals surface area contributed by atoms with Gasteiger partial charge in [-0.05, 0) is 31.5 Å². The topological polar surface area (TPSA) is 64.6 Å². The van der Waals surface area contributed by atoms with Gasteiger partial charge in [0, 0.05) is 10.4 Å². The third-order valence-electron chi connectivity index (χ3n) is 3.10. The number of halogens is 1. The number of amides is 1. The molecule has 0 aliphatic carbocycles. The van der Waals surface area contributed by atoms with Crippen LogP contribution in [0.3, 0.4) is 0 Å². The number of ether oxygens (including phenoxy) is 2. The largest absolute Gasteiger partial charge is 0.465 e. The molecule has 122 valence electrons. The van der Waals surface area contributed by atoms with Crippen LogP contribution in [0.2, 0.25) is 0 Å². The van der Waals surface area contributed by atoms with Crippen LogP contribution in [-0.2, 0) is 9.47 Å². The summed E-state index contributed by atoms with van der Waals surface area (Å²) in [6.07, 6.45) is -0.649. The van der Waals surface area contributed by atoms with Crippen LogP contribution in [0.15, 0.2) is 24.3 Å². The van der Waals surface area contributed by atoms with Crippen molar-refractivity contribution in [1.29, 1.82) is 0 Å². The Kier molecular flexibility index (Phi) is 5.33. The minimum Gasteiger partial charge on any atom is -0.465 e. The Morgan fingerprint density at radius 1 is 1.26 bits per heavy atom. The molecule has 2 rings (SSSR count). The molecule has 0 spiro atoms. The number of nitrogens with one attached hydrogen (secondary N) is 1. The van der Waals surface area contributed by atoms with Gasteiger partial charge in [-0.2, -0.15) is 0 Å². The maximum atomic E-state index is 13.1. The third kappa shape index (κ3) is 3.68. The Labute approximate surface area is 137 Å². The number of anilines is 1. The van der Waals surface area contributed by atoms with Crippen LogP contribution in [0.5, 0.6) is 0 Å². The summed E-state index contributed by atoms with van der Waals surface area (Å²) < 4.78 is 22.8. The quantitative estimate of drug-likeness (QED) is 0.849. The lowest BCUT2D eigenvalue weighted by Gasteiger charge is -2.08. The van der Waals surface area contributed by atoms with Gasteiger partial charge in [-0.25, -0.2) is 14.0 Å². The van der Waals surface area contributed by atoms with Gasteiger partial charge in [-0.3, -0.25) is 5.32 Å². The number of thiophene rings is 1. The first-order chi connectivity index (χ1) is 11.0. The fourth-order valence-corrected chi connectivity index (χ4v) is 3.20. The van der Waals surface area contributed by atoms with Gasteiger partial charge in [-0.1, -0.05) is 12.1 Å². The van der Waals surface area contributed by atoms with Crippen molar-refractivity contribution in [1.82, 2.24) is 0 Å². The normalized spacial score (nSPS) is 10.3. The van der Waals surface area contributed by atoms with Gasteiger partial charge in [0.15, 0.2) is 0 Å². The molecule has 23 heavy (non-hydrogen) atoms. The molecule has 0 aliphatic heterocycles. The Balaban J connectivity index is 2.53. The Bertz CT molecular complexity index is 724. The number of carbonyl (C=O) groups excluding carboxylic acids is 2. The van der Waals surface area contributed by atoms with Crippen LogP contribution in [0.4, 0.5) is 14.2 Å². The number of esters is 1. The van der Waals surface area contributed by atoms with E-state index in [9.17, 15) is 14.0 Å². The number of aryl methyl sites for hydroxylation is 1. The Morgan fingerprint density at radius 3 is 2.48 bits per heavy atom. The van der Waals surface area contributed by atoms with Gasteiger partial charge < -0.3 is 9.47 Å². The van der Waals surface area contributed by atoms with E-state index in [0.29, 0.717) is 16.1 Å². The fourth-order valence-electron chi connectivity index (χ4n) is 2.15. The number of rotatable bonds is 4. The zero-order chi connectivity index (χ0) is 17.0. The smallest absolute Gasteiger partial charge is 0.412 e. The summed E-state index contributed by atoms with van der Waals surface area (Å²) in [6.45, 7) is 3.71. The molecule has 0 saturated carbocycles. The van der Waals surface area contributed by atoms with Gasteiger partial charge >= 0.3 is 12.1 Å². The second kappa shape index (κ2) is 7.23. The summed E-state index contributed by atoms with van der Waals surface area (Å²) in [6, 6.07) is 5.77. The number of methoxy groups -OCH3 is 1. The number of carbonyl (C=O) groups is 2. The highest BCUT2D eigenvalue weighted by molar-refractivity contribution is 7.17. The number of hydrogen-bond donors (Lipinski definition) is 1. The van der Waals surface area contributed by atoms with Crippen molar-refractivity contribution in [2.45, 2.75) is 13.8 Å². The lowest BCUT2D eigenvalue weighted by Crippen LogP contribution is -2.15. The lowest BCUT2D eigenvalue weighted by atomic mass is 10.0. The lowest BCUT2D eigenvalue weighted by molar-refractivity contribution is 0.0603. The monoisotopic (exact) mass is 337 g/mol. The van der Waals surface area contributed by atoms with E-state index in [-0.39, 0.29) is 18.0 Å². The number of benzene rings is 1. The van der Waals surface area contributed by atoms with Crippen molar-refractivity contribution in [3.05, 3.63) is 40.5 Å². The molecule has 0 radical (unpaired) electrons. The first-order valence-electron chi connectivity index (χ1n) is 6.89. The second-order valence-electron chi connectivity index (χ2n) is 4.58. The average molecular weight is 337 g/mol. The highest BCUT2D eigenvalue weighted by atomic mass is 32.1. The van der Waals surface area contributed by atoms with Crippen LogP contribution in [0, 0.1) is 12.7 Å². The van der Waals surface area contributed by atoms with Crippen LogP contribution in [0.1, 0.15) is 22.2 Å². The molecule has 0 aliphatic rings. The zero-order valence-electron chi connectivity index (χ0n) is 12.9. The van der Waals surface area contributed by atoms with Crippen molar-refractivity contribution in [3.63, 3.8) is 0 Å². The Hall–Kier alpha value is -2.41. The molecule has 1 amide bonds. The molecule has 1 aromatic carbocycles. The van der Waals surface area contributed by atoms with E-state index >= 15 is 0 Å². The molecule has 0 bridgehead atoms. The van der Waals surface area contributed by atoms with Crippen molar-refractivity contribution in [2.24, 2.45) is 0 Å². The summed E-state index contributed by atoms with van der Waals surface area (Å²) in [5.74, 6) is -0.952. The molecule has 2 aromatic rings.